The van der Waals surface area contributed by atoms with E-state index in [0.29, 0.717) is 5.69 Å². The van der Waals surface area contributed by atoms with E-state index in [2.05, 4.69) is 5.10 Å². The van der Waals surface area contributed by atoms with Crippen molar-refractivity contribution in [2.24, 2.45) is 0 Å². The molecule has 84 valence electrons. The molecule has 0 aliphatic heterocycles. The Hall–Kier alpha value is -1.10. The Morgan fingerprint density at radius 1 is 1.60 bits per heavy atom. The molecule has 1 fully saturated rings. The standard InChI is InChI=1S/C10H16FN3O/c1-10(3-2-4-10)8-7(11)9(12)14(13-8)5-6-15/h15H,2-6,12H2,1H3. The zero-order valence-corrected chi connectivity index (χ0v) is 8.83. The van der Waals surface area contributed by atoms with Gasteiger partial charge in [0.05, 0.1) is 13.2 Å². The van der Waals surface area contributed by atoms with Gasteiger partial charge in [0.2, 0.25) is 0 Å². The summed E-state index contributed by atoms with van der Waals surface area (Å²) in [6, 6.07) is 0. The molecule has 1 saturated carbocycles. The van der Waals surface area contributed by atoms with Gasteiger partial charge >= 0.3 is 0 Å². The molecule has 0 bridgehead atoms. The quantitative estimate of drug-likeness (QED) is 0.788. The van der Waals surface area contributed by atoms with Crippen molar-refractivity contribution in [1.29, 1.82) is 0 Å². The van der Waals surface area contributed by atoms with Gasteiger partial charge in [-0.15, -0.1) is 0 Å². The number of anilines is 1. The highest BCUT2D eigenvalue weighted by atomic mass is 19.1. The van der Waals surface area contributed by atoms with Gasteiger partial charge in [-0.25, -0.2) is 9.07 Å². The fourth-order valence-corrected chi connectivity index (χ4v) is 2.05. The highest BCUT2D eigenvalue weighted by molar-refractivity contribution is 5.37. The lowest BCUT2D eigenvalue weighted by Crippen LogP contribution is -2.32. The molecule has 1 aliphatic carbocycles. The third-order valence-electron chi connectivity index (χ3n) is 3.27. The molecule has 1 aliphatic rings. The van der Waals surface area contributed by atoms with Crippen molar-refractivity contribution in [1.82, 2.24) is 9.78 Å². The van der Waals surface area contributed by atoms with Gasteiger partial charge in [0.15, 0.2) is 11.6 Å². The number of aromatic nitrogens is 2. The molecule has 0 saturated heterocycles. The van der Waals surface area contributed by atoms with Crippen molar-refractivity contribution >= 4 is 5.82 Å². The molecule has 1 aromatic rings. The van der Waals surface area contributed by atoms with Crippen molar-refractivity contribution in [2.75, 3.05) is 12.3 Å². The van der Waals surface area contributed by atoms with Crippen LogP contribution in [0.1, 0.15) is 31.9 Å². The van der Waals surface area contributed by atoms with Gasteiger partial charge in [-0.2, -0.15) is 5.10 Å². The van der Waals surface area contributed by atoms with Gasteiger partial charge in [-0.1, -0.05) is 13.3 Å². The van der Waals surface area contributed by atoms with Crippen LogP contribution < -0.4 is 5.73 Å². The number of rotatable bonds is 3. The van der Waals surface area contributed by atoms with E-state index in [4.69, 9.17) is 10.8 Å². The molecule has 0 unspecified atom stereocenters. The van der Waals surface area contributed by atoms with E-state index >= 15 is 0 Å². The Morgan fingerprint density at radius 2 is 2.27 bits per heavy atom. The maximum atomic E-state index is 13.8. The SMILES string of the molecule is CC1(c2nn(CCO)c(N)c2F)CCC1. The molecule has 1 heterocycles. The number of nitrogens with two attached hydrogens (primary N) is 1. The van der Waals surface area contributed by atoms with Gasteiger partial charge in [-0.05, 0) is 12.8 Å². The summed E-state index contributed by atoms with van der Waals surface area (Å²) in [6.07, 6.45) is 3.03. The molecule has 4 nitrogen and oxygen atoms in total. The molecular formula is C10H16FN3O. The summed E-state index contributed by atoms with van der Waals surface area (Å²) in [4.78, 5) is 0. The number of nitrogen functional groups attached to an aromatic ring is 1. The zero-order valence-electron chi connectivity index (χ0n) is 8.83. The molecule has 0 aromatic carbocycles. The first kappa shape index (κ1) is 10.4. The fraction of sp³-hybridized carbons (Fsp3) is 0.700. The van der Waals surface area contributed by atoms with Crippen molar-refractivity contribution in [3.8, 4) is 0 Å². The van der Waals surface area contributed by atoms with E-state index in [1.165, 1.54) is 4.68 Å². The number of aliphatic hydroxyl groups excluding tert-OH is 1. The molecule has 0 radical (unpaired) electrons. The van der Waals surface area contributed by atoms with Crippen LogP contribution in [0.5, 0.6) is 0 Å². The normalized spacial score (nSPS) is 18.9. The third-order valence-corrected chi connectivity index (χ3v) is 3.27. The Labute approximate surface area is 87.9 Å². The average Bonchev–Trinajstić information content (AvgIpc) is 2.44. The van der Waals surface area contributed by atoms with Gasteiger partial charge < -0.3 is 10.8 Å². The van der Waals surface area contributed by atoms with E-state index in [9.17, 15) is 4.39 Å². The number of hydrogen-bond donors (Lipinski definition) is 2. The molecule has 0 amide bonds. The molecule has 15 heavy (non-hydrogen) atoms. The maximum absolute atomic E-state index is 13.8. The highest BCUT2D eigenvalue weighted by Gasteiger charge is 2.39. The summed E-state index contributed by atoms with van der Waals surface area (Å²) in [5.74, 6) is -0.377. The fourth-order valence-electron chi connectivity index (χ4n) is 2.05. The van der Waals surface area contributed by atoms with Crippen LogP contribution in [-0.2, 0) is 12.0 Å². The second kappa shape index (κ2) is 3.48. The Bertz CT molecular complexity index is 371. The van der Waals surface area contributed by atoms with Crippen LogP contribution >= 0.6 is 0 Å². The van der Waals surface area contributed by atoms with Crippen molar-refractivity contribution < 1.29 is 9.50 Å². The zero-order chi connectivity index (χ0) is 11.1. The maximum Gasteiger partial charge on any atom is 0.188 e. The predicted molar refractivity (Wildman–Crippen MR) is 54.9 cm³/mol. The molecule has 0 spiro atoms. The number of hydrogen-bond acceptors (Lipinski definition) is 3. The van der Waals surface area contributed by atoms with Crippen LogP contribution in [0.3, 0.4) is 0 Å². The Balaban J connectivity index is 2.36. The van der Waals surface area contributed by atoms with Gasteiger partial charge in [0.25, 0.3) is 0 Å². The lowest BCUT2D eigenvalue weighted by atomic mass is 9.68. The van der Waals surface area contributed by atoms with E-state index in [-0.39, 0.29) is 24.4 Å². The van der Waals surface area contributed by atoms with Crippen LogP contribution in [0.25, 0.3) is 0 Å². The Kier molecular flexibility index (Phi) is 2.42. The van der Waals surface area contributed by atoms with Gasteiger partial charge in [-0.3, -0.25) is 0 Å². The summed E-state index contributed by atoms with van der Waals surface area (Å²) in [7, 11) is 0. The molecule has 3 N–H and O–H groups in total. The average molecular weight is 213 g/mol. The first-order chi connectivity index (χ1) is 7.08. The smallest absolute Gasteiger partial charge is 0.188 e. The third kappa shape index (κ3) is 1.51. The van der Waals surface area contributed by atoms with E-state index in [0.717, 1.165) is 19.3 Å². The van der Waals surface area contributed by atoms with Crippen molar-refractivity contribution in [2.45, 2.75) is 38.1 Å². The minimum Gasteiger partial charge on any atom is -0.394 e. The van der Waals surface area contributed by atoms with E-state index < -0.39 is 5.82 Å². The van der Waals surface area contributed by atoms with Crippen LogP contribution in [0.4, 0.5) is 10.2 Å². The van der Waals surface area contributed by atoms with Crippen molar-refractivity contribution in [3.63, 3.8) is 0 Å². The second-order valence-electron chi connectivity index (χ2n) is 4.41. The van der Waals surface area contributed by atoms with E-state index in [1.54, 1.807) is 0 Å². The number of halogens is 1. The second-order valence-corrected chi connectivity index (χ2v) is 4.41. The number of aliphatic hydroxyl groups is 1. The number of nitrogens with zero attached hydrogens (tertiary/aromatic N) is 2. The van der Waals surface area contributed by atoms with Crippen LogP contribution in [0.2, 0.25) is 0 Å². The van der Waals surface area contributed by atoms with Crippen LogP contribution in [-0.4, -0.2) is 21.5 Å². The minimum absolute atomic E-state index is 0.0344. The molecule has 0 atom stereocenters. The topological polar surface area (TPSA) is 64.1 Å². The minimum atomic E-state index is -0.411. The first-order valence-electron chi connectivity index (χ1n) is 5.21. The monoisotopic (exact) mass is 213 g/mol. The van der Waals surface area contributed by atoms with Gasteiger partial charge in [0, 0.05) is 5.41 Å². The summed E-state index contributed by atoms with van der Waals surface area (Å²) in [6.45, 7) is 2.17. The predicted octanol–water partition coefficient (Wildman–Crippen LogP) is 1.04. The van der Waals surface area contributed by atoms with Crippen LogP contribution in [0, 0.1) is 5.82 Å². The largest absolute Gasteiger partial charge is 0.394 e. The van der Waals surface area contributed by atoms with Crippen molar-refractivity contribution in [3.05, 3.63) is 11.5 Å². The summed E-state index contributed by atoms with van der Waals surface area (Å²) in [5.41, 5.74) is 5.88. The lowest BCUT2D eigenvalue weighted by Gasteiger charge is -2.36. The summed E-state index contributed by atoms with van der Waals surface area (Å²) >= 11 is 0. The van der Waals surface area contributed by atoms with Crippen LogP contribution in [0.15, 0.2) is 0 Å². The lowest BCUT2D eigenvalue weighted by molar-refractivity contribution is 0.248. The molecule has 1 aromatic heterocycles. The van der Waals surface area contributed by atoms with E-state index in [1.807, 2.05) is 6.92 Å². The first-order valence-corrected chi connectivity index (χ1v) is 5.21. The molecular weight excluding hydrogens is 197 g/mol. The molecule has 2 rings (SSSR count). The molecule has 5 heteroatoms. The van der Waals surface area contributed by atoms with Gasteiger partial charge in [0.1, 0.15) is 5.69 Å². The summed E-state index contributed by atoms with van der Waals surface area (Å²) < 4.78 is 15.1. The highest BCUT2D eigenvalue weighted by Crippen LogP contribution is 2.44. The Morgan fingerprint density at radius 3 is 2.73 bits per heavy atom. The summed E-state index contributed by atoms with van der Waals surface area (Å²) in [5, 5.41) is 12.9.